The second-order valence-electron chi connectivity index (χ2n) is 4.35. The Morgan fingerprint density at radius 2 is 2.10 bits per heavy atom. The van der Waals surface area contributed by atoms with Crippen LogP contribution in [0.25, 0.3) is 10.1 Å². The summed E-state index contributed by atoms with van der Waals surface area (Å²) in [6, 6.07) is 6.09. The van der Waals surface area contributed by atoms with E-state index in [-0.39, 0.29) is 30.7 Å². The minimum atomic E-state index is -0.358. The molecule has 0 fully saturated rings. The number of benzene rings is 1. The molecule has 0 aliphatic heterocycles. The van der Waals surface area contributed by atoms with Gasteiger partial charge in [-0.3, -0.25) is 9.59 Å². The lowest BCUT2D eigenvalue weighted by molar-refractivity contribution is -0.140. The Morgan fingerprint density at radius 1 is 1.35 bits per heavy atom. The predicted molar refractivity (Wildman–Crippen MR) is 75.4 cm³/mol. The largest absolute Gasteiger partial charge is 0.469 e. The summed E-state index contributed by atoms with van der Waals surface area (Å²) in [7, 11) is 2.93. The Hall–Kier alpha value is -1.95. The molecule has 2 aromatic rings. The van der Waals surface area contributed by atoms with Crippen LogP contribution in [0.5, 0.6) is 0 Å². The van der Waals surface area contributed by atoms with Gasteiger partial charge in [0, 0.05) is 18.3 Å². The first-order chi connectivity index (χ1) is 9.51. The van der Waals surface area contributed by atoms with Crippen molar-refractivity contribution < 1.29 is 18.7 Å². The van der Waals surface area contributed by atoms with Gasteiger partial charge in [-0.15, -0.1) is 11.3 Å². The topological polar surface area (TPSA) is 46.6 Å². The summed E-state index contributed by atoms with van der Waals surface area (Å²) in [5.41, 5.74) is 0. The average molecular weight is 295 g/mol. The third-order valence-electron chi connectivity index (χ3n) is 2.91. The van der Waals surface area contributed by atoms with Crippen molar-refractivity contribution in [3.05, 3.63) is 35.0 Å². The molecule has 1 heterocycles. The Kier molecular flexibility index (Phi) is 4.34. The molecule has 0 radical (unpaired) electrons. The van der Waals surface area contributed by atoms with Crippen molar-refractivity contribution in [1.82, 2.24) is 4.90 Å². The molecule has 0 atom stereocenters. The van der Waals surface area contributed by atoms with Crippen LogP contribution in [0.1, 0.15) is 16.1 Å². The highest BCUT2D eigenvalue weighted by Gasteiger charge is 2.16. The third-order valence-corrected chi connectivity index (χ3v) is 4.02. The molecule has 0 bridgehead atoms. The normalized spacial score (nSPS) is 10.6. The van der Waals surface area contributed by atoms with Crippen molar-refractivity contribution >= 4 is 33.3 Å². The van der Waals surface area contributed by atoms with Crippen LogP contribution in [0, 0.1) is 5.82 Å². The summed E-state index contributed by atoms with van der Waals surface area (Å²) in [4.78, 5) is 25.2. The lowest BCUT2D eigenvalue weighted by Gasteiger charge is -2.15. The van der Waals surface area contributed by atoms with Crippen LogP contribution >= 0.6 is 11.3 Å². The molecule has 0 unspecified atom stereocenters. The van der Waals surface area contributed by atoms with Crippen LogP contribution in [-0.4, -0.2) is 37.5 Å². The zero-order valence-electron chi connectivity index (χ0n) is 11.2. The van der Waals surface area contributed by atoms with E-state index in [0.717, 1.165) is 4.70 Å². The summed E-state index contributed by atoms with van der Waals surface area (Å²) in [6.45, 7) is 0.286. The first-order valence-corrected chi connectivity index (χ1v) is 6.84. The monoisotopic (exact) mass is 295 g/mol. The van der Waals surface area contributed by atoms with E-state index in [1.54, 1.807) is 19.2 Å². The fourth-order valence-electron chi connectivity index (χ4n) is 1.77. The van der Waals surface area contributed by atoms with Crippen molar-refractivity contribution in [3.63, 3.8) is 0 Å². The van der Waals surface area contributed by atoms with E-state index >= 15 is 0 Å². The van der Waals surface area contributed by atoms with Crippen molar-refractivity contribution in [1.29, 1.82) is 0 Å². The van der Waals surface area contributed by atoms with Gasteiger partial charge in [-0.2, -0.15) is 0 Å². The molecule has 0 spiro atoms. The molecule has 0 aliphatic rings. The number of esters is 1. The summed E-state index contributed by atoms with van der Waals surface area (Å²) in [5.74, 6) is -0.869. The second kappa shape index (κ2) is 6.00. The van der Waals surface area contributed by atoms with Crippen molar-refractivity contribution in [2.45, 2.75) is 6.42 Å². The average Bonchev–Trinajstić information content (AvgIpc) is 2.86. The van der Waals surface area contributed by atoms with Gasteiger partial charge in [-0.25, -0.2) is 4.39 Å². The summed E-state index contributed by atoms with van der Waals surface area (Å²) >= 11 is 1.31. The highest BCUT2D eigenvalue weighted by Crippen LogP contribution is 2.27. The van der Waals surface area contributed by atoms with Crippen LogP contribution in [0.2, 0.25) is 0 Å². The number of carbonyl (C=O) groups excluding carboxylic acids is 2. The molecule has 4 nitrogen and oxygen atoms in total. The van der Waals surface area contributed by atoms with E-state index < -0.39 is 0 Å². The minimum Gasteiger partial charge on any atom is -0.469 e. The SMILES string of the molecule is COC(=O)CCN(C)C(=O)c1cc2cc(F)ccc2s1. The van der Waals surface area contributed by atoms with Gasteiger partial charge in [0.15, 0.2) is 0 Å². The Balaban J connectivity index is 2.12. The maximum absolute atomic E-state index is 13.1. The molecule has 106 valence electrons. The number of carbonyl (C=O) groups is 2. The first-order valence-electron chi connectivity index (χ1n) is 6.02. The molecular formula is C14H14FNO3S. The Bertz CT molecular complexity index is 653. The van der Waals surface area contributed by atoms with Gasteiger partial charge < -0.3 is 9.64 Å². The van der Waals surface area contributed by atoms with E-state index in [1.165, 1.54) is 35.5 Å². The standard InChI is InChI=1S/C14H14FNO3S/c1-16(6-5-13(17)19-2)14(18)12-8-9-7-10(15)3-4-11(9)20-12/h3-4,7-8H,5-6H2,1-2H3. The lowest BCUT2D eigenvalue weighted by Crippen LogP contribution is -2.28. The first kappa shape index (κ1) is 14.5. The van der Waals surface area contributed by atoms with E-state index in [2.05, 4.69) is 4.74 Å². The number of rotatable bonds is 4. The molecule has 1 amide bonds. The molecule has 0 saturated heterocycles. The van der Waals surface area contributed by atoms with Crippen molar-refractivity contribution in [2.24, 2.45) is 0 Å². The molecule has 6 heteroatoms. The number of hydrogen-bond acceptors (Lipinski definition) is 4. The zero-order valence-corrected chi connectivity index (χ0v) is 12.0. The number of thiophene rings is 1. The van der Waals surface area contributed by atoms with Crippen LogP contribution in [0.3, 0.4) is 0 Å². The van der Waals surface area contributed by atoms with E-state index in [0.29, 0.717) is 10.3 Å². The van der Waals surface area contributed by atoms with Crippen molar-refractivity contribution in [2.75, 3.05) is 20.7 Å². The molecule has 0 aliphatic carbocycles. The Labute approximate surface area is 119 Å². The van der Waals surface area contributed by atoms with Crippen LogP contribution in [0.4, 0.5) is 4.39 Å². The molecular weight excluding hydrogens is 281 g/mol. The summed E-state index contributed by atoms with van der Waals surface area (Å²) < 4.78 is 18.5. The van der Waals surface area contributed by atoms with Gasteiger partial charge in [0.05, 0.1) is 18.4 Å². The molecule has 2 rings (SSSR count). The Morgan fingerprint density at radius 3 is 2.80 bits per heavy atom. The highest BCUT2D eigenvalue weighted by atomic mass is 32.1. The van der Waals surface area contributed by atoms with E-state index in [1.807, 2.05) is 0 Å². The van der Waals surface area contributed by atoms with Gasteiger partial charge >= 0.3 is 5.97 Å². The fraction of sp³-hybridized carbons (Fsp3) is 0.286. The molecule has 0 N–H and O–H groups in total. The third kappa shape index (κ3) is 3.14. The maximum Gasteiger partial charge on any atom is 0.307 e. The van der Waals surface area contributed by atoms with E-state index in [4.69, 9.17) is 0 Å². The summed E-state index contributed by atoms with van der Waals surface area (Å²) in [6.07, 6.45) is 0.151. The lowest BCUT2D eigenvalue weighted by atomic mass is 10.2. The van der Waals surface area contributed by atoms with Crippen LogP contribution < -0.4 is 0 Å². The number of halogens is 1. The number of amides is 1. The molecule has 1 aromatic heterocycles. The number of ether oxygens (including phenoxy) is 1. The van der Waals surface area contributed by atoms with Crippen LogP contribution in [0.15, 0.2) is 24.3 Å². The van der Waals surface area contributed by atoms with Gasteiger partial charge in [0.1, 0.15) is 5.82 Å². The quantitative estimate of drug-likeness (QED) is 0.815. The van der Waals surface area contributed by atoms with Gasteiger partial charge in [0.2, 0.25) is 0 Å². The van der Waals surface area contributed by atoms with Gasteiger partial charge in [-0.1, -0.05) is 0 Å². The van der Waals surface area contributed by atoms with E-state index in [9.17, 15) is 14.0 Å². The fourth-order valence-corrected chi connectivity index (χ4v) is 2.81. The number of fused-ring (bicyclic) bond motifs is 1. The molecule has 20 heavy (non-hydrogen) atoms. The van der Waals surface area contributed by atoms with Gasteiger partial charge in [0.25, 0.3) is 5.91 Å². The van der Waals surface area contributed by atoms with Crippen LogP contribution in [-0.2, 0) is 9.53 Å². The molecule has 0 saturated carbocycles. The number of nitrogens with zero attached hydrogens (tertiary/aromatic N) is 1. The molecule has 1 aromatic carbocycles. The zero-order chi connectivity index (χ0) is 14.7. The number of methoxy groups -OCH3 is 1. The van der Waals surface area contributed by atoms with Crippen molar-refractivity contribution in [3.8, 4) is 0 Å². The maximum atomic E-state index is 13.1. The second-order valence-corrected chi connectivity index (χ2v) is 5.43. The number of hydrogen-bond donors (Lipinski definition) is 0. The van der Waals surface area contributed by atoms with Gasteiger partial charge in [-0.05, 0) is 29.7 Å². The predicted octanol–water partition coefficient (Wildman–Crippen LogP) is 2.68. The highest BCUT2D eigenvalue weighted by molar-refractivity contribution is 7.20. The summed E-state index contributed by atoms with van der Waals surface area (Å²) in [5, 5.41) is 0.708. The smallest absolute Gasteiger partial charge is 0.307 e. The minimum absolute atomic E-state index is 0.151.